The largest absolute Gasteiger partial charge is 0.483 e. The lowest BCUT2D eigenvalue weighted by Gasteiger charge is -2.16. The van der Waals surface area contributed by atoms with Crippen LogP contribution in [0.1, 0.15) is 18.1 Å². The summed E-state index contributed by atoms with van der Waals surface area (Å²) in [4.78, 5) is 11.9. The Kier molecular flexibility index (Phi) is 6.26. The number of aliphatic hydroxyl groups excluding tert-OH is 1. The summed E-state index contributed by atoms with van der Waals surface area (Å²) in [5.74, 6) is -1.26. The molecule has 1 amide bonds. The number of carbonyl (C=O) groups is 1. The number of carbonyl (C=O) groups excluding carboxylic acids is 1. The fourth-order valence-corrected chi connectivity index (χ4v) is 2.32. The Balaban J connectivity index is 1.88. The molecule has 0 aliphatic rings. The van der Waals surface area contributed by atoms with Gasteiger partial charge in [0, 0.05) is 17.2 Å². The van der Waals surface area contributed by atoms with Crippen molar-refractivity contribution >= 4 is 5.91 Å². The third kappa shape index (κ3) is 4.76. The molecule has 1 atom stereocenters. The first-order valence-corrected chi connectivity index (χ1v) is 7.55. The maximum absolute atomic E-state index is 13.6. The minimum atomic E-state index is -0.635. The highest BCUT2D eigenvalue weighted by molar-refractivity contribution is 5.77. The van der Waals surface area contributed by atoms with Crippen LogP contribution in [-0.2, 0) is 17.8 Å². The van der Waals surface area contributed by atoms with Gasteiger partial charge in [0.25, 0.3) is 5.91 Å². The molecule has 0 aliphatic heterocycles. The highest BCUT2D eigenvalue weighted by atomic mass is 19.1. The van der Waals surface area contributed by atoms with E-state index in [1.54, 1.807) is 31.2 Å². The Hall–Kier alpha value is -2.47. The van der Waals surface area contributed by atoms with Crippen molar-refractivity contribution in [2.45, 2.75) is 26.0 Å². The van der Waals surface area contributed by atoms with Gasteiger partial charge in [-0.1, -0.05) is 24.3 Å². The van der Waals surface area contributed by atoms with Crippen molar-refractivity contribution in [2.75, 3.05) is 6.61 Å². The number of amides is 1. The van der Waals surface area contributed by atoms with Crippen molar-refractivity contribution in [3.8, 4) is 5.75 Å². The number of hydrogen-bond donors (Lipinski definition) is 2. The molecule has 0 spiro atoms. The van der Waals surface area contributed by atoms with Crippen molar-refractivity contribution in [3.63, 3.8) is 0 Å². The Morgan fingerprint density at radius 2 is 1.83 bits per heavy atom. The van der Waals surface area contributed by atoms with Crippen LogP contribution in [-0.4, -0.2) is 23.7 Å². The molecule has 2 rings (SSSR count). The molecule has 0 bridgehead atoms. The number of halogens is 2. The van der Waals surface area contributed by atoms with Gasteiger partial charge in [-0.15, -0.1) is 0 Å². The Morgan fingerprint density at radius 3 is 2.50 bits per heavy atom. The lowest BCUT2D eigenvalue weighted by Crippen LogP contribution is -2.37. The summed E-state index contributed by atoms with van der Waals surface area (Å²) in [5.41, 5.74) is 0.517. The monoisotopic (exact) mass is 335 g/mol. The van der Waals surface area contributed by atoms with E-state index in [4.69, 9.17) is 4.74 Å². The summed E-state index contributed by atoms with van der Waals surface area (Å²) in [6.07, 6.45) is 0.0392. The van der Waals surface area contributed by atoms with Gasteiger partial charge in [-0.3, -0.25) is 4.79 Å². The summed E-state index contributed by atoms with van der Waals surface area (Å²) in [7, 11) is 0. The number of aliphatic hydroxyl groups is 1. The summed E-state index contributed by atoms with van der Waals surface area (Å²) >= 11 is 0. The predicted octanol–water partition coefficient (Wildman–Crippen LogP) is 2.58. The lowest BCUT2D eigenvalue weighted by atomic mass is 10.1. The highest BCUT2D eigenvalue weighted by Crippen LogP contribution is 2.17. The van der Waals surface area contributed by atoms with Gasteiger partial charge in [-0.25, -0.2) is 8.78 Å². The molecule has 0 saturated heterocycles. The molecule has 0 aromatic heterocycles. The van der Waals surface area contributed by atoms with Crippen LogP contribution in [0, 0.1) is 11.6 Å². The van der Waals surface area contributed by atoms with Crippen molar-refractivity contribution in [2.24, 2.45) is 0 Å². The Bertz CT molecular complexity index is 686. The van der Waals surface area contributed by atoms with Crippen LogP contribution in [0.25, 0.3) is 0 Å². The van der Waals surface area contributed by atoms with E-state index < -0.39 is 23.6 Å². The summed E-state index contributed by atoms with van der Waals surface area (Å²) in [5, 5.41) is 11.8. The number of nitrogens with one attached hydrogen (secondary N) is 1. The fraction of sp³-hybridized carbons (Fsp3) is 0.278. The minimum Gasteiger partial charge on any atom is -0.483 e. The second kappa shape index (κ2) is 8.40. The van der Waals surface area contributed by atoms with Gasteiger partial charge in [0.05, 0.1) is 6.61 Å². The van der Waals surface area contributed by atoms with Crippen LogP contribution in [0.3, 0.4) is 0 Å². The number of ether oxygens (including phenoxy) is 1. The lowest BCUT2D eigenvalue weighted by molar-refractivity contribution is -0.123. The summed E-state index contributed by atoms with van der Waals surface area (Å²) in [6, 6.07) is 10.0. The summed E-state index contributed by atoms with van der Waals surface area (Å²) < 4.78 is 32.6. The first-order chi connectivity index (χ1) is 11.5. The molecule has 24 heavy (non-hydrogen) atoms. The minimum absolute atomic E-state index is 0.0392. The zero-order chi connectivity index (χ0) is 17.5. The third-order valence-electron chi connectivity index (χ3n) is 3.48. The molecule has 2 aromatic carbocycles. The van der Waals surface area contributed by atoms with E-state index in [2.05, 4.69) is 5.32 Å². The molecular weight excluding hydrogens is 316 g/mol. The van der Waals surface area contributed by atoms with Crippen LogP contribution in [0.4, 0.5) is 8.78 Å². The van der Waals surface area contributed by atoms with Crippen LogP contribution >= 0.6 is 0 Å². The van der Waals surface area contributed by atoms with Gasteiger partial charge in [-0.05, 0) is 31.5 Å². The molecule has 4 nitrogen and oxygen atoms in total. The first-order valence-electron chi connectivity index (χ1n) is 7.55. The van der Waals surface area contributed by atoms with Crippen molar-refractivity contribution in [1.82, 2.24) is 5.32 Å². The molecule has 0 radical (unpaired) electrons. The molecule has 128 valence electrons. The normalized spacial score (nSPS) is 11.8. The fourth-order valence-electron chi connectivity index (χ4n) is 2.32. The molecule has 0 fully saturated rings. The second-order valence-corrected chi connectivity index (χ2v) is 5.43. The zero-order valence-electron chi connectivity index (χ0n) is 13.3. The smallest absolute Gasteiger partial charge is 0.258 e. The van der Waals surface area contributed by atoms with E-state index in [1.165, 1.54) is 18.2 Å². The van der Waals surface area contributed by atoms with Crippen LogP contribution in [0.5, 0.6) is 5.75 Å². The van der Waals surface area contributed by atoms with E-state index in [-0.39, 0.29) is 25.2 Å². The standard InChI is InChI=1S/C18H19F2NO3/c1-12(9-14-15(19)6-4-7-16(14)20)21-18(23)11-24-17-8-3-2-5-13(17)10-22/h2-8,12,22H,9-11H2,1H3,(H,21,23)/t12-/m0/s1. The first kappa shape index (κ1) is 17.9. The third-order valence-corrected chi connectivity index (χ3v) is 3.48. The highest BCUT2D eigenvalue weighted by Gasteiger charge is 2.15. The molecule has 0 aliphatic carbocycles. The number of rotatable bonds is 7. The van der Waals surface area contributed by atoms with Crippen LogP contribution in [0.15, 0.2) is 42.5 Å². The number of para-hydroxylation sites is 1. The predicted molar refractivity (Wildman–Crippen MR) is 85.5 cm³/mol. The van der Waals surface area contributed by atoms with E-state index in [1.807, 2.05) is 0 Å². The van der Waals surface area contributed by atoms with Gasteiger partial charge in [0.15, 0.2) is 6.61 Å². The van der Waals surface area contributed by atoms with Crippen LogP contribution < -0.4 is 10.1 Å². The number of benzene rings is 2. The topological polar surface area (TPSA) is 58.6 Å². The maximum Gasteiger partial charge on any atom is 0.258 e. The van der Waals surface area contributed by atoms with Crippen LogP contribution in [0.2, 0.25) is 0 Å². The van der Waals surface area contributed by atoms with Crippen molar-refractivity contribution in [1.29, 1.82) is 0 Å². The molecule has 0 saturated carbocycles. The van der Waals surface area contributed by atoms with Crippen molar-refractivity contribution < 1.29 is 23.4 Å². The van der Waals surface area contributed by atoms with E-state index in [0.29, 0.717) is 11.3 Å². The number of hydrogen-bond acceptors (Lipinski definition) is 3. The zero-order valence-corrected chi connectivity index (χ0v) is 13.3. The van der Waals surface area contributed by atoms with Crippen molar-refractivity contribution in [3.05, 3.63) is 65.2 Å². The Morgan fingerprint density at radius 1 is 1.17 bits per heavy atom. The van der Waals surface area contributed by atoms with Gasteiger partial charge in [0.2, 0.25) is 0 Å². The van der Waals surface area contributed by atoms with E-state index >= 15 is 0 Å². The average Bonchev–Trinajstić information content (AvgIpc) is 2.56. The average molecular weight is 335 g/mol. The molecule has 2 N–H and O–H groups in total. The molecule has 0 heterocycles. The van der Waals surface area contributed by atoms with Gasteiger partial charge >= 0.3 is 0 Å². The van der Waals surface area contributed by atoms with Gasteiger partial charge < -0.3 is 15.2 Å². The molecular formula is C18H19F2NO3. The van der Waals surface area contributed by atoms with E-state index in [0.717, 1.165) is 0 Å². The molecule has 0 unspecified atom stereocenters. The Labute approximate surface area is 139 Å². The van der Waals surface area contributed by atoms with Gasteiger partial charge in [-0.2, -0.15) is 0 Å². The summed E-state index contributed by atoms with van der Waals surface area (Å²) in [6.45, 7) is 1.22. The second-order valence-electron chi connectivity index (χ2n) is 5.43. The quantitative estimate of drug-likeness (QED) is 0.818. The maximum atomic E-state index is 13.6. The van der Waals surface area contributed by atoms with Gasteiger partial charge in [0.1, 0.15) is 17.4 Å². The molecule has 6 heteroatoms. The molecule has 2 aromatic rings. The SMILES string of the molecule is C[C@@H](Cc1c(F)cccc1F)NC(=O)COc1ccccc1CO. The van der Waals surface area contributed by atoms with E-state index in [9.17, 15) is 18.7 Å².